The zero-order valence-corrected chi connectivity index (χ0v) is 18.0. The van der Waals surface area contributed by atoms with Crippen LogP contribution in [0.4, 0.5) is 4.39 Å². The highest BCUT2D eigenvalue weighted by molar-refractivity contribution is 14.0. The van der Waals surface area contributed by atoms with E-state index in [4.69, 9.17) is 0 Å². The highest BCUT2D eigenvalue weighted by Gasteiger charge is 2.06. The Labute approximate surface area is 173 Å². The van der Waals surface area contributed by atoms with Crippen LogP contribution in [0.5, 0.6) is 0 Å². The first-order valence-corrected chi connectivity index (χ1v) is 9.16. The van der Waals surface area contributed by atoms with Crippen LogP contribution in [0.25, 0.3) is 10.9 Å². The number of hydrogen-bond acceptors (Lipinski definition) is 3. The van der Waals surface area contributed by atoms with Crippen LogP contribution >= 0.6 is 35.3 Å². The van der Waals surface area contributed by atoms with Gasteiger partial charge in [0.05, 0.1) is 6.54 Å². The Morgan fingerprint density at radius 2 is 2.19 bits per heavy atom. The minimum absolute atomic E-state index is 0. The SMILES string of the molecule is CCNC(=NCc1ncc(C)s1)NCCc1c[nH]c2ccc(F)cc12.I. The van der Waals surface area contributed by atoms with Gasteiger partial charge in [-0.1, -0.05) is 0 Å². The van der Waals surface area contributed by atoms with E-state index in [1.165, 1.54) is 10.9 Å². The van der Waals surface area contributed by atoms with Crippen LogP contribution in [0.1, 0.15) is 22.4 Å². The summed E-state index contributed by atoms with van der Waals surface area (Å²) in [7, 11) is 0. The molecule has 0 radical (unpaired) electrons. The van der Waals surface area contributed by atoms with Crippen LogP contribution in [-0.2, 0) is 13.0 Å². The number of hydrogen-bond donors (Lipinski definition) is 3. The zero-order chi connectivity index (χ0) is 17.6. The van der Waals surface area contributed by atoms with Crippen molar-refractivity contribution in [2.75, 3.05) is 13.1 Å². The number of guanidine groups is 1. The number of aliphatic imine (C=N–C) groups is 1. The van der Waals surface area contributed by atoms with E-state index in [9.17, 15) is 4.39 Å². The fourth-order valence-corrected chi connectivity index (χ4v) is 3.35. The lowest BCUT2D eigenvalue weighted by Gasteiger charge is -2.10. The molecule has 2 aromatic heterocycles. The predicted molar refractivity (Wildman–Crippen MR) is 117 cm³/mol. The van der Waals surface area contributed by atoms with Crippen LogP contribution in [0.15, 0.2) is 35.6 Å². The van der Waals surface area contributed by atoms with Gasteiger partial charge in [-0.25, -0.2) is 14.4 Å². The predicted octanol–water partition coefficient (Wildman–Crippen LogP) is 3.99. The Morgan fingerprint density at radius 3 is 2.92 bits per heavy atom. The third-order valence-electron chi connectivity index (χ3n) is 3.80. The van der Waals surface area contributed by atoms with Gasteiger partial charge in [0.15, 0.2) is 5.96 Å². The molecule has 3 aromatic rings. The highest BCUT2D eigenvalue weighted by Crippen LogP contribution is 2.19. The topological polar surface area (TPSA) is 65.1 Å². The second kappa shape index (κ2) is 9.86. The monoisotopic (exact) mass is 487 g/mol. The number of benzene rings is 1. The summed E-state index contributed by atoms with van der Waals surface area (Å²) in [6, 6.07) is 4.81. The summed E-state index contributed by atoms with van der Waals surface area (Å²) < 4.78 is 13.4. The number of fused-ring (bicyclic) bond motifs is 1. The molecule has 0 spiro atoms. The van der Waals surface area contributed by atoms with Crippen molar-refractivity contribution >= 4 is 52.2 Å². The van der Waals surface area contributed by atoms with Crippen molar-refractivity contribution in [2.45, 2.75) is 26.8 Å². The summed E-state index contributed by atoms with van der Waals surface area (Å²) >= 11 is 1.66. The van der Waals surface area contributed by atoms with Gasteiger partial charge in [0.1, 0.15) is 10.8 Å². The quantitative estimate of drug-likeness (QED) is 0.280. The van der Waals surface area contributed by atoms with Crippen molar-refractivity contribution in [1.29, 1.82) is 0 Å². The largest absolute Gasteiger partial charge is 0.361 e. The molecule has 0 aliphatic carbocycles. The zero-order valence-electron chi connectivity index (χ0n) is 14.8. The average Bonchev–Trinajstić information content (AvgIpc) is 3.19. The Balaban J connectivity index is 0.00000243. The van der Waals surface area contributed by atoms with Gasteiger partial charge < -0.3 is 15.6 Å². The molecular formula is C18H23FIN5S. The normalized spacial score (nSPS) is 11.4. The van der Waals surface area contributed by atoms with Crippen molar-refractivity contribution in [1.82, 2.24) is 20.6 Å². The van der Waals surface area contributed by atoms with E-state index in [0.29, 0.717) is 13.1 Å². The molecule has 0 unspecified atom stereocenters. The Morgan fingerprint density at radius 1 is 1.35 bits per heavy atom. The molecule has 3 rings (SSSR count). The number of nitrogens with zero attached hydrogens (tertiary/aromatic N) is 2. The minimum atomic E-state index is -0.213. The third-order valence-corrected chi connectivity index (χ3v) is 4.70. The molecule has 8 heteroatoms. The van der Waals surface area contributed by atoms with Gasteiger partial charge in [0, 0.05) is 41.3 Å². The molecule has 0 amide bonds. The summed E-state index contributed by atoms with van der Waals surface area (Å²) in [6.07, 6.45) is 4.59. The molecule has 0 aliphatic rings. The smallest absolute Gasteiger partial charge is 0.191 e. The van der Waals surface area contributed by atoms with Gasteiger partial charge in [-0.05, 0) is 44.0 Å². The number of rotatable bonds is 6. The lowest BCUT2D eigenvalue weighted by molar-refractivity contribution is 0.629. The maximum Gasteiger partial charge on any atom is 0.191 e. The molecule has 0 fully saturated rings. The highest BCUT2D eigenvalue weighted by atomic mass is 127. The summed E-state index contributed by atoms with van der Waals surface area (Å²) in [4.78, 5) is 13.3. The van der Waals surface area contributed by atoms with Gasteiger partial charge in [-0.2, -0.15) is 0 Å². The number of thiazole rings is 1. The van der Waals surface area contributed by atoms with E-state index in [1.54, 1.807) is 23.5 Å². The van der Waals surface area contributed by atoms with Gasteiger partial charge in [-0.15, -0.1) is 35.3 Å². The Hall–Kier alpha value is -1.68. The molecule has 0 aliphatic heterocycles. The standard InChI is InChI=1S/C18H22FN5S.HI/c1-3-20-18(24-11-17-23-9-12(2)25-17)21-7-6-13-10-22-16-5-4-14(19)8-15(13)16;/h4-5,8-10,22H,3,6-7,11H2,1-2H3,(H2,20,21,24);1H. The van der Waals surface area contributed by atoms with Crippen LogP contribution in [0.3, 0.4) is 0 Å². The Bertz CT molecular complexity index is 873. The Kier molecular flexibility index (Phi) is 7.83. The molecule has 0 saturated heterocycles. The number of halogens is 2. The van der Waals surface area contributed by atoms with E-state index in [-0.39, 0.29) is 29.8 Å². The van der Waals surface area contributed by atoms with E-state index >= 15 is 0 Å². The summed E-state index contributed by atoms with van der Waals surface area (Å²) in [5, 5.41) is 8.49. The summed E-state index contributed by atoms with van der Waals surface area (Å²) in [5.74, 6) is 0.552. The number of H-pyrrole nitrogens is 1. The number of aromatic amines is 1. The van der Waals surface area contributed by atoms with Crippen LogP contribution in [0.2, 0.25) is 0 Å². The lowest BCUT2D eigenvalue weighted by Crippen LogP contribution is -2.38. The van der Waals surface area contributed by atoms with E-state index in [0.717, 1.165) is 40.4 Å². The lowest BCUT2D eigenvalue weighted by atomic mass is 10.1. The maximum absolute atomic E-state index is 13.4. The van der Waals surface area contributed by atoms with E-state index in [2.05, 4.69) is 25.6 Å². The maximum atomic E-state index is 13.4. The van der Waals surface area contributed by atoms with E-state index in [1.807, 2.05) is 26.2 Å². The fourth-order valence-electron chi connectivity index (χ4n) is 2.64. The van der Waals surface area contributed by atoms with E-state index < -0.39 is 0 Å². The van der Waals surface area contributed by atoms with Crippen LogP contribution < -0.4 is 10.6 Å². The van der Waals surface area contributed by atoms with Crippen molar-refractivity contribution in [2.24, 2.45) is 4.99 Å². The molecule has 2 heterocycles. The van der Waals surface area contributed by atoms with Gasteiger partial charge in [-0.3, -0.25) is 0 Å². The molecular weight excluding hydrogens is 464 g/mol. The van der Waals surface area contributed by atoms with Crippen molar-refractivity contribution in [3.8, 4) is 0 Å². The molecule has 0 bridgehead atoms. The van der Waals surface area contributed by atoms with Gasteiger partial charge in [0.25, 0.3) is 0 Å². The molecule has 3 N–H and O–H groups in total. The first kappa shape index (κ1) is 20.6. The summed E-state index contributed by atoms with van der Waals surface area (Å²) in [6.45, 7) is 6.14. The molecule has 5 nitrogen and oxygen atoms in total. The molecule has 1 aromatic carbocycles. The minimum Gasteiger partial charge on any atom is -0.361 e. The molecule has 0 atom stereocenters. The van der Waals surface area contributed by atoms with Gasteiger partial charge in [0.2, 0.25) is 0 Å². The first-order valence-electron chi connectivity index (χ1n) is 8.34. The van der Waals surface area contributed by atoms with Gasteiger partial charge >= 0.3 is 0 Å². The summed E-state index contributed by atoms with van der Waals surface area (Å²) in [5.41, 5.74) is 2.05. The fraction of sp³-hybridized carbons (Fsp3) is 0.333. The van der Waals surface area contributed by atoms with Crippen molar-refractivity contribution in [3.63, 3.8) is 0 Å². The third kappa shape index (κ3) is 5.41. The second-order valence-electron chi connectivity index (χ2n) is 5.74. The molecule has 140 valence electrons. The first-order chi connectivity index (χ1) is 12.2. The molecule has 26 heavy (non-hydrogen) atoms. The average molecular weight is 487 g/mol. The van der Waals surface area contributed by atoms with Crippen LogP contribution in [-0.4, -0.2) is 29.0 Å². The van der Waals surface area contributed by atoms with Crippen LogP contribution in [0, 0.1) is 12.7 Å². The van der Waals surface area contributed by atoms with Crippen molar-refractivity contribution < 1.29 is 4.39 Å². The number of aromatic nitrogens is 2. The second-order valence-corrected chi connectivity index (χ2v) is 7.06. The van der Waals surface area contributed by atoms with Crippen molar-refractivity contribution in [3.05, 3.63) is 51.9 Å². The number of nitrogens with one attached hydrogen (secondary N) is 3. The number of aryl methyl sites for hydroxylation is 1. The molecule has 0 saturated carbocycles.